The molecule has 0 aliphatic carbocycles. The SMILES string of the molecule is O=[N+]1CC=CC=C1Cc1[c]cccc1-c1ncccn1. The van der Waals surface area contributed by atoms with E-state index in [2.05, 4.69) is 16.0 Å². The Morgan fingerprint density at radius 1 is 1.25 bits per heavy atom. The lowest BCUT2D eigenvalue weighted by atomic mass is 10.0. The van der Waals surface area contributed by atoms with Crippen LogP contribution in [0.4, 0.5) is 0 Å². The molecule has 4 nitrogen and oxygen atoms in total. The second-order valence-corrected chi connectivity index (χ2v) is 4.46. The third kappa shape index (κ3) is 2.54. The highest BCUT2D eigenvalue weighted by Gasteiger charge is 2.20. The lowest BCUT2D eigenvalue weighted by Crippen LogP contribution is -2.13. The van der Waals surface area contributed by atoms with Crippen LogP contribution in [-0.4, -0.2) is 21.3 Å². The zero-order valence-electron chi connectivity index (χ0n) is 10.9. The van der Waals surface area contributed by atoms with Gasteiger partial charge in [-0.25, -0.2) is 9.97 Å². The Bertz CT molecular complexity index is 690. The number of rotatable bonds is 3. The predicted molar refractivity (Wildman–Crippen MR) is 75.7 cm³/mol. The number of allylic oxidation sites excluding steroid dienone is 3. The number of hydrogen-bond acceptors (Lipinski definition) is 3. The molecule has 0 amide bonds. The van der Waals surface area contributed by atoms with E-state index in [1.807, 2.05) is 36.4 Å². The molecule has 0 saturated heterocycles. The maximum absolute atomic E-state index is 11.8. The van der Waals surface area contributed by atoms with Crippen molar-refractivity contribution >= 4 is 0 Å². The fourth-order valence-corrected chi connectivity index (χ4v) is 2.13. The number of benzene rings is 1. The quantitative estimate of drug-likeness (QED) is 0.800. The Kier molecular flexibility index (Phi) is 3.46. The molecular weight excluding hydrogens is 250 g/mol. The summed E-state index contributed by atoms with van der Waals surface area (Å²) in [6.45, 7) is 0.399. The van der Waals surface area contributed by atoms with Crippen LogP contribution >= 0.6 is 0 Å². The van der Waals surface area contributed by atoms with E-state index in [1.165, 1.54) is 0 Å². The van der Waals surface area contributed by atoms with Crippen molar-refractivity contribution in [2.24, 2.45) is 0 Å². The largest absolute Gasteiger partial charge is 0.237 e. The van der Waals surface area contributed by atoms with Crippen molar-refractivity contribution < 1.29 is 4.76 Å². The highest BCUT2D eigenvalue weighted by atomic mass is 16.3. The van der Waals surface area contributed by atoms with Crippen LogP contribution in [0.5, 0.6) is 0 Å². The summed E-state index contributed by atoms with van der Waals surface area (Å²) in [4.78, 5) is 20.3. The molecule has 20 heavy (non-hydrogen) atoms. The van der Waals surface area contributed by atoms with Gasteiger partial charge in [-0.15, -0.1) is 0 Å². The Hall–Kier alpha value is -2.62. The summed E-state index contributed by atoms with van der Waals surface area (Å²) >= 11 is 0. The fourth-order valence-electron chi connectivity index (χ4n) is 2.13. The van der Waals surface area contributed by atoms with Gasteiger partial charge in [0.05, 0.1) is 6.42 Å². The van der Waals surface area contributed by atoms with E-state index in [0.29, 0.717) is 18.8 Å². The summed E-state index contributed by atoms with van der Waals surface area (Å²) in [5.74, 6) is 0.656. The molecule has 0 fully saturated rings. The van der Waals surface area contributed by atoms with Crippen LogP contribution in [0.15, 0.2) is 60.6 Å². The Morgan fingerprint density at radius 2 is 2.10 bits per heavy atom. The van der Waals surface area contributed by atoms with Gasteiger partial charge >= 0.3 is 0 Å². The van der Waals surface area contributed by atoms with Crippen molar-refractivity contribution in [3.63, 3.8) is 0 Å². The van der Waals surface area contributed by atoms with Crippen LogP contribution in [-0.2, 0) is 6.42 Å². The molecular formula is C16H13N3O+. The molecule has 0 unspecified atom stereocenters. The molecule has 3 rings (SSSR count). The molecule has 1 aromatic carbocycles. The standard InChI is InChI=1S/C16H13N3O/c20-19-11-4-3-7-14(19)12-13-6-1-2-8-15(13)16-17-9-5-10-18-16/h1-5,7-10H,11-12H2/q+1. The summed E-state index contributed by atoms with van der Waals surface area (Å²) in [5.41, 5.74) is 2.57. The van der Waals surface area contributed by atoms with E-state index in [0.717, 1.165) is 21.6 Å². The second-order valence-electron chi connectivity index (χ2n) is 4.46. The minimum absolute atomic E-state index is 0.399. The monoisotopic (exact) mass is 263 g/mol. The van der Waals surface area contributed by atoms with Gasteiger partial charge in [-0.2, -0.15) is 0 Å². The van der Waals surface area contributed by atoms with E-state index >= 15 is 0 Å². The van der Waals surface area contributed by atoms with Crippen LogP contribution in [0.1, 0.15) is 5.56 Å². The van der Waals surface area contributed by atoms with Crippen molar-refractivity contribution in [2.75, 3.05) is 6.54 Å². The fraction of sp³-hybridized carbons (Fsp3) is 0.125. The van der Waals surface area contributed by atoms with Gasteiger partial charge in [0, 0.05) is 33.7 Å². The topological polar surface area (TPSA) is 45.9 Å². The lowest BCUT2D eigenvalue weighted by molar-refractivity contribution is -0.491. The Morgan fingerprint density at radius 3 is 2.90 bits per heavy atom. The molecule has 2 heterocycles. The predicted octanol–water partition coefficient (Wildman–Crippen LogP) is 2.72. The molecule has 97 valence electrons. The van der Waals surface area contributed by atoms with Crippen molar-refractivity contribution in [1.29, 1.82) is 0 Å². The molecule has 0 saturated carbocycles. The van der Waals surface area contributed by atoms with E-state index in [1.54, 1.807) is 18.5 Å². The van der Waals surface area contributed by atoms with E-state index < -0.39 is 0 Å². The van der Waals surface area contributed by atoms with Gasteiger partial charge in [-0.1, -0.05) is 24.3 Å². The van der Waals surface area contributed by atoms with E-state index in [-0.39, 0.29) is 0 Å². The van der Waals surface area contributed by atoms with Crippen LogP contribution in [0.2, 0.25) is 0 Å². The first kappa shape index (κ1) is 12.4. The van der Waals surface area contributed by atoms with Gasteiger partial charge in [0.15, 0.2) is 5.82 Å². The first-order chi connectivity index (χ1) is 9.84. The third-order valence-corrected chi connectivity index (χ3v) is 3.12. The average molecular weight is 263 g/mol. The zero-order chi connectivity index (χ0) is 13.8. The maximum atomic E-state index is 11.8. The normalized spacial score (nSPS) is 14.2. The van der Waals surface area contributed by atoms with Crippen molar-refractivity contribution in [1.82, 2.24) is 9.97 Å². The number of aromatic nitrogens is 2. The highest BCUT2D eigenvalue weighted by Crippen LogP contribution is 2.22. The lowest BCUT2D eigenvalue weighted by Gasteiger charge is -2.07. The summed E-state index contributed by atoms with van der Waals surface area (Å²) in [5, 5.41) is 0. The summed E-state index contributed by atoms with van der Waals surface area (Å²) in [6.07, 6.45) is 9.54. The van der Waals surface area contributed by atoms with Crippen molar-refractivity contribution in [3.8, 4) is 11.4 Å². The van der Waals surface area contributed by atoms with E-state index in [9.17, 15) is 4.91 Å². The maximum Gasteiger partial charge on any atom is 0.237 e. The molecule has 0 bridgehead atoms. The van der Waals surface area contributed by atoms with Crippen LogP contribution in [0, 0.1) is 11.0 Å². The van der Waals surface area contributed by atoms with E-state index in [4.69, 9.17) is 0 Å². The molecule has 0 atom stereocenters. The van der Waals surface area contributed by atoms with Crippen molar-refractivity contribution in [3.05, 3.63) is 77.1 Å². The van der Waals surface area contributed by atoms with Gasteiger partial charge in [0.1, 0.15) is 0 Å². The molecule has 1 aliphatic rings. The number of nitrogens with zero attached hydrogens (tertiary/aromatic N) is 3. The molecule has 4 heteroatoms. The first-order valence-electron chi connectivity index (χ1n) is 6.42. The minimum Gasteiger partial charge on any atom is -0.237 e. The minimum atomic E-state index is 0.399. The second kappa shape index (κ2) is 5.57. The van der Waals surface area contributed by atoms with Crippen molar-refractivity contribution in [2.45, 2.75) is 6.42 Å². The third-order valence-electron chi connectivity index (χ3n) is 3.12. The average Bonchev–Trinajstić information content (AvgIpc) is 2.51. The summed E-state index contributed by atoms with van der Waals surface area (Å²) in [6, 6.07) is 10.7. The molecule has 2 aromatic rings. The summed E-state index contributed by atoms with van der Waals surface area (Å²) in [7, 11) is 0. The number of nitroso groups, excluding NO2 is 1. The first-order valence-corrected chi connectivity index (χ1v) is 6.42. The number of hydrogen-bond donors (Lipinski definition) is 0. The molecule has 1 aromatic heterocycles. The van der Waals surface area contributed by atoms with Gasteiger partial charge in [0.2, 0.25) is 12.2 Å². The van der Waals surface area contributed by atoms with Gasteiger partial charge in [-0.3, -0.25) is 0 Å². The van der Waals surface area contributed by atoms with Crippen LogP contribution in [0.25, 0.3) is 11.4 Å². The van der Waals surface area contributed by atoms with Gasteiger partial charge in [-0.05, 0) is 23.8 Å². The zero-order valence-corrected chi connectivity index (χ0v) is 10.9. The molecule has 1 aliphatic heterocycles. The smallest absolute Gasteiger partial charge is 0.237 e. The van der Waals surface area contributed by atoms with Gasteiger partial charge in [0.25, 0.3) is 0 Å². The Balaban J connectivity index is 1.97. The van der Waals surface area contributed by atoms with Crippen LogP contribution in [0.3, 0.4) is 0 Å². The van der Waals surface area contributed by atoms with Gasteiger partial charge < -0.3 is 0 Å². The Labute approximate surface area is 117 Å². The summed E-state index contributed by atoms with van der Waals surface area (Å²) < 4.78 is 0.996. The molecule has 0 spiro atoms. The molecule has 1 radical (unpaired) electrons. The molecule has 0 N–H and O–H groups in total. The highest BCUT2D eigenvalue weighted by molar-refractivity contribution is 5.60. The van der Waals surface area contributed by atoms with Crippen LogP contribution < -0.4 is 0 Å².